The topological polar surface area (TPSA) is 84.5 Å². The van der Waals surface area contributed by atoms with E-state index in [9.17, 15) is 9.59 Å². The molecule has 7 heteroatoms. The summed E-state index contributed by atoms with van der Waals surface area (Å²) in [4.78, 5) is 28.4. The quantitative estimate of drug-likeness (QED) is 0.856. The smallest absolute Gasteiger partial charge is 0.244 e. The zero-order valence-corrected chi connectivity index (χ0v) is 15.3. The number of carbonyl (C=O) groups excluding carboxylic acids is 2. The predicted octanol–water partition coefficient (Wildman–Crippen LogP) is 0.698. The van der Waals surface area contributed by atoms with E-state index in [0.717, 1.165) is 17.0 Å². The van der Waals surface area contributed by atoms with Gasteiger partial charge in [-0.1, -0.05) is 30.3 Å². The van der Waals surface area contributed by atoms with Crippen molar-refractivity contribution in [1.29, 1.82) is 0 Å². The van der Waals surface area contributed by atoms with E-state index in [1.807, 2.05) is 55.1 Å². The summed E-state index contributed by atoms with van der Waals surface area (Å²) < 4.78 is 1.70. The van der Waals surface area contributed by atoms with Gasteiger partial charge in [0.2, 0.25) is 11.8 Å². The summed E-state index contributed by atoms with van der Waals surface area (Å²) >= 11 is 0. The molecule has 7 nitrogen and oxygen atoms in total. The van der Waals surface area contributed by atoms with E-state index in [4.69, 9.17) is 5.73 Å². The Kier molecular flexibility index (Phi) is 5.37. The van der Waals surface area contributed by atoms with Crippen LogP contribution in [0.15, 0.2) is 36.4 Å². The molecular weight excluding hydrogens is 330 g/mol. The minimum Gasteiger partial charge on any atom is -0.368 e. The van der Waals surface area contributed by atoms with Gasteiger partial charge in [-0.2, -0.15) is 5.10 Å². The van der Waals surface area contributed by atoms with Crippen molar-refractivity contribution >= 4 is 11.8 Å². The van der Waals surface area contributed by atoms with E-state index in [1.165, 1.54) is 0 Å². The molecule has 1 fully saturated rings. The Morgan fingerprint density at radius 2 is 1.92 bits per heavy atom. The molecule has 2 amide bonds. The van der Waals surface area contributed by atoms with Crippen LogP contribution >= 0.6 is 0 Å². The second kappa shape index (κ2) is 7.70. The Hall–Kier alpha value is -2.67. The average molecular weight is 355 g/mol. The molecule has 1 aromatic heterocycles. The van der Waals surface area contributed by atoms with Crippen LogP contribution in [0.4, 0.5) is 0 Å². The van der Waals surface area contributed by atoms with Gasteiger partial charge < -0.3 is 10.6 Å². The molecule has 0 bridgehead atoms. The second-order valence-electron chi connectivity index (χ2n) is 6.80. The molecule has 0 spiro atoms. The van der Waals surface area contributed by atoms with Crippen LogP contribution in [0.3, 0.4) is 0 Å². The highest BCUT2D eigenvalue weighted by molar-refractivity contribution is 5.82. The molecule has 0 aliphatic carbocycles. The van der Waals surface area contributed by atoms with E-state index >= 15 is 0 Å². The Morgan fingerprint density at radius 1 is 1.19 bits per heavy atom. The van der Waals surface area contributed by atoms with Gasteiger partial charge in [0.1, 0.15) is 12.6 Å². The number of rotatable bonds is 5. The Bertz CT molecular complexity index is 786. The van der Waals surface area contributed by atoms with E-state index in [0.29, 0.717) is 26.2 Å². The third-order valence-electron chi connectivity index (χ3n) is 4.79. The van der Waals surface area contributed by atoms with Crippen molar-refractivity contribution in [1.82, 2.24) is 19.6 Å². The van der Waals surface area contributed by atoms with Crippen LogP contribution in [0.1, 0.15) is 17.0 Å². The van der Waals surface area contributed by atoms with Crippen molar-refractivity contribution < 1.29 is 9.59 Å². The molecule has 0 radical (unpaired) electrons. The number of benzene rings is 1. The maximum absolute atomic E-state index is 12.7. The van der Waals surface area contributed by atoms with Gasteiger partial charge in [-0.25, -0.2) is 0 Å². The molecule has 1 saturated heterocycles. The highest BCUT2D eigenvalue weighted by atomic mass is 16.2. The number of nitrogens with two attached hydrogens (primary N) is 1. The predicted molar refractivity (Wildman–Crippen MR) is 98.1 cm³/mol. The number of primary amides is 1. The lowest BCUT2D eigenvalue weighted by Crippen LogP contribution is -2.59. The Labute approximate surface area is 153 Å². The number of hydrogen-bond donors (Lipinski definition) is 1. The number of carbonyl (C=O) groups is 2. The summed E-state index contributed by atoms with van der Waals surface area (Å²) in [6, 6.07) is 11.4. The summed E-state index contributed by atoms with van der Waals surface area (Å²) in [6.07, 6.45) is 0. The Balaban J connectivity index is 1.66. The largest absolute Gasteiger partial charge is 0.368 e. The summed E-state index contributed by atoms with van der Waals surface area (Å²) in [6.45, 7) is 6.18. The standard InChI is InChI=1S/C19H25N5O2/c1-14-10-15(2)24(21-14)13-18(25)23-9-8-22(17(12-23)19(20)26)11-16-6-4-3-5-7-16/h3-7,10,17H,8-9,11-13H2,1-2H3,(H2,20,26)/t17-/m1/s1. The first-order valence-electron chi connectivity index (χ1n) is 8.80. The second-order valence-corrected chi connectivity index (χ2v) is 6.80. The average Bonchev–Trinajstić information content (AvgIpc) is 2.93. The van der Waals surface area contributed by atoms with E-state index < -0.39 is 11.9 Å². The van der Waals surface area contributed by atoms with Crippen LogP contribution in [-0.2, 0) is 22.7 Å². The molecule has 3 rings (SSSR count). The fraction of sp³-hybridized carbons (Fsp3) is 0.421. The molecule has 1 atom stereocenters. The molecule has 2 aromatic rings. The summed E-state index contributed by atoms with van der Waals surface area (Å²) in [7, 11) is 0. The fourth-order valence-electron chi connectivity index (χ4n) is 3.39. The van der Waals surface area contributed by atoms with Gasteiger partial charge in [0, 0.05) is 31.9 Å². The molecular formula is C19H25N5O2. The zero-order chi connectivity index (χ0) is 18.7. The molecule has 2 heterocycles. The monoisotopic (exact) mass is 355 g/mol. The van der Waals surface area contributed by atoms with Crippen LogP contribution in [0, 0.1) is 13.8 Å². The first-order chi connectivity index (χ1) is 12.4. The van der Waals surface area contributed by atoms with Gasteiger partial charge in [-0.15, -0.1) is 0 Å². The molecule has 0 unspecified atom stereocenters. The number of nitrogens with zero attached hydrogens (tertiary/aromatic N) is 4. The van der Waals surface area contributed by atoms with E-state index in [1.54, 1.807) is 9.58 Å². The highest BCUT2D eigenvalue weighted by Crippen LogP contribution is 2.15. The first-order valence-corrected chi connectivity index (χ1v) is 8.80. The minimum atomic E-state index is -0.478. The maximum atomic E-state index is 12.7. The van der Waals surface area contributed by atoms with Crippen molar-refractivity contribution in [3.63, 3.8) is 0 Å². The van der Waals surface area contributed by atoms with Crippen LogP contribution in [0.25, 0.3) is 0 Å². The van der Waals surface area contributed by atoms with E-state index in [2.05, 4.69) is 5.10 Å². The Morgan fingerprint density at radius 3 is 2.54 bits per heavy atom. The molecule has 0 saturated carbocycles. The van der Waals surface area contributed by atoms with Crippen LogP contribution in [0.5, 0.6) is 0 Å². The molecule has 2 N–H and O–H groups in total. The zero-order valence-electron chi connectivity index (χ0n) is 15.3. The SMILES string of the molecule is Cc1cc(C)n(CC(=O)N2CCN(Cc3ccccc3)[C@@H](C(N)=O)C2)n1. The molecule has 1 aromatic carbocycles. The lowest BCUT2D eigenvalue weighted by molar-refractivity contribution is -0.138. The third-order valence-corrected chi connectivity index (χ3v) is 4.79. The van der Waals surface area contributed by atoms with Crippen molar-refractivity contribution in [2.75, 3.05) is 19.6 Å². The van der Waals surface area contributed by atoms with Gasteiger partial charge in [0.15, 0.2) is 0 Å². The maximum Gasteiger partial charge on any atom is 0.244 e. The fourth-order valence-corrected chi connectivity index (χ4v) is 3.39. The van der Waals surface area contributed by atoms with Crippen LogP contribution in [0.2, 0.25) is 0 Å². The van der Waals surface area contributed by atoms with Crippen molar-refractivity contribution in [3.8, 4) is 0 Å². The van der Waals surface area contributed by atoms with Gasteiger partial charge in [0.25, 0.3) is 0 Å². The number of piperazine rings is 1. The normalized spacial score (nSPS) is 18.1. The highest BCUT2D eigenvalue weighted by Gasteiger charge is 2.33. The van der Waals surface area contributed by atoms with Crippen molar-refractivity contribution in [2.45, 2.75) is 33.0 Å². The van der Waals surface area contributed by atoms with Gasteiger partial charge in [-0.3, -0.25) is 19.2 Å². The lowest BCUT2D eigenvalue weighted by atomic mass is 10.1. The third kappa shape index (κ3) is 4.11. The molecule has 1 aliphatic rings. The van der Waals surface area contributed by atoms with Gasteiger partial charge in [-0.05, 0) is 25.5 Å². The molecule has 26 heavy (non-hydrogen) atoms. The minimum absolute atomic E-state index is 0.0400. The van der Waals surface area contributed by atoms with Crippen molar-refractivity contribution in [2.24, 2.45) is 5.73 Å². The summed E-state index contributed by atoms with van der Waals surface area (Å²) in [5, 5.41) is 4.34. The number of hydrogen-bond acceptors (Lipinski definition) is 4. The van der Waals surface area contributed by atoms with Crippen LogP contribution < -0.4 is 5.73 Å². The first kappa shape index (κ1) is 18.1. The lowest BCUT2D eigenvalue weighted by Gasteiger charge is -2.40. The molecule has 1 aliphatic heterocycles. The number of aromatic nitrogens is 2. The van der Waals surface area contributed by atoms with Gasteiger partial charge >= 0.3 is 0 Å². The molecule has 138 valence electrons. The van der Waals surface area contributed by atoms with Gasteiger partial charge in [0.05, 0.1) is 5.69 Å². The summed E-state index contributed by atoms with van der Waals surface area (Å²) in [5.74, 6) is -0.439. The number of aryl methyl sites for hydroxylation is 2. The van der Waals surface area contributed by atoms with E-state index in [-0.39, 0.29) is 12.5 Å². The summed E-state index contributed by atoms with van der Waals surface area (Å²) in [5.41, 5.74) is 8.58. The number of amides is 2. The van der Waals surface area contributed by atoms with Crippen LogP contribution in [-0.4, -0.2) is 57.1 Å². The van der Waals surface area contributed by atoms with Crippen molar-refractivity contribution in [3.05, 3.63) is 53.3 Å².